The number of rotatable bonds is 8. The number of unbranched alkanes of at least 4 members (excludes halogenated alkanes) is 3. The van der Waals surface area contributed by atoms with E-state index >= 15 is 0 Å². The molecule has 0 fully saturated rings. The number of nitrogens with zero attached hydrogens (tertiary/aromatic N) is 1. The van der Waals surface area contributed by atoms with Crippen molar-refractivity contribution in [2.75, 3.05) is 6.26 Å². The molecule has 1 heterocycles. The number of aryl methyl sites for hydroxylation is 1. The van der Waals surface area contributed by atoms with Crippen LogP contribution >= 0.6 is 11.8 Å². The van der Waals surface area contributed by atoms with Crippen LogP contribution in [0.3, 0.4) is 0 Å². The van der Waals surface area contributed by atoms with E-state index in [2.05, 4.69) is 78.6 Å². The first kappa shape index (κ1) is 20.2. The maximum atomic E-state index is 2.35. The molecular weight excluding hydrogens is 413 g/mol. The Morgan fingerprint density at radius 2 is 1.74 bits per heavy atom. The highest BCUT2D eigenvalue weighted by Gasteiger charge is 2.05. The molecule has 124 valence electrons. The van der Waals surface area contributed by atoms with Gasteiger partial charge in [0, 0.05) is 29.5 Å². The summed E-state index contributed by atoms with van der Waals surface area (Å²) in [5, 5.41) is 0. The second-order valence-corrected chi connectivity index (χ2v) is 6.37. The Balaban J connectivity index is 0.00000264. The Morgan fingerprint density at radius 3 is 2.43 bits per heavy atom. The van der Waals surface area contributed by atoms with E-state index in [1.165, 1.54) is 41.8 Å². The van der Waals surface area contributed by atoms with Crippen molar-refractivity contribution >= 4 is 23.9 Å². The molecule has 0 radical (unpaired) electrons. The molecule has 0 N–H and O–H groups in total. The normalized spacial score (nSPS) is 10.7. The largest absolute Gasteiger partial charge is 1.00 e. The molecule has 0 aliphatic heterocycles. The minimum atomic E-state index is 0. The molecule has 0 atom stereocenters. The van der Waals surface area contributed by atoms with E-state index in [9.17, 15) is 0 Å². The SMILES string of the molecule is CCCCCC[n+]1ccccc1/C=C/c1ccc(SC)cc1.[I-]. The van der Waals surface area contributed by atoms with Crippen molar-refractivity contribution < 1.29 is 28.5 Å². The fourth-order valence-electron chi connectivity index (χ4n) is 2.45. The third-order valence-corrected chi connectivity index (χ3v) is 4.53. The van der Waals surface area contributed by atoms with Crippen LogP contribution in [0.5, 0.6) is 0 Å². The van der Waals surface area contributed by atoms with E-state index < -0.39 is 0 Å². The number of thioether (sulfide) groups is 1. The van der Waals surface area contributed by atoms with Crippen LogP contribution in [0.2, 0.25) is 0 Å². The Kier molecular flexibility index (Phi) is 10.3. The molecule has 0 aliphatic carbocycles. The highest BCUT2D eigenvalue weighted by atomic mass is 127. The molecule has 1 nitrogen and oxygen atoms in total. The van der Waals surface area contributed by atoms with Crippen LogP contribution in [0, 0.1) is 0 Å². The Morgan fingerprint density at radius 1 is 0.957 bits per heavy atom. The molecule has 0 saturated carbocycles. The molecule has 0 spiro atoms. The van der Waals surface area contributed by atoms with Crippen molar-refractivity contribution in [1.29, 1.82) is 0 Å². The zero-order valence-corrected chi connectivity index (χ0v) is 17.0. The van der Waals surface area contributed by atoms with Gasteiger partial charge in [-0.15, -0.1) is 11.8 Å². The topological polar surface area (TPSA) is 3.88 Å². The predicted molar refractivity (Wildman–Crippen MR) is 97.9 cm³/mol. The molecule has 2 aromatic rings. The smallest absolute Gasteiger partial charge is 0.205 e. The molecule has 0 bridgehead atoms. The van der Waals surface area contributed by atoms with Crippen molar-refractivity contribution in [3.8, 4) is 0 Å². The minimum Gasteiger partial charge on any atom is -1.00 e. The van der Waals surface area contributed by atoms with Crippen molar-refractivity contribution in [3.63, 3.8) is 0 Å². The standard InChI is InChI=1S/C20H26NS.HI/c1-3-4-5-7-16-21-17-8-6-9-19(21)13-10-18-11-14-20(22-2)15-12-18;/h6,8-15,17H,3-5,7,16H2,1-2H3;1H/q+1;/p-1/b13-10+;. The summed E-state index contributed by atoms with van der Waals surface area (Å²) in [6.07, 6.45) is 13.9. The number of pyridine rings is 1. The maximum absolute atomic E-state index is 2.35. The molecule has 0 saturated heterocycles. The van der Waals surface area contributed by atoms with Gasteiger partial charge in [0.15, 0.2) is 6.20 Å². The zero-order valence-electron chi connectivity index (χ0n) is 14.0. The first-order chi connectivity index (χ1) is 10.8. The lowest BCUT2D eigenvalue weighted by Gasteiger charge is -2.01. The van der Waals surface area contributed by atoms with Gasteiger partial charge in [-0.2, -0.15) is 4.57 Å². The Labute approximate surface area is 162 Å². The quantitative estimate of drug-likeness (QED) is 0.265. The zero-order chi connectivity index (χ0) is 15.6. The lowest BCUT2D eigenvalue weighted by Crippen LogP contribution is -3.00. The average molecular weight is 439 g/mol. The summed E-state index contributed by atoms with van der Waals surface area (Å²) in [6, 6.07) is 15.1. The lowest BCUT2D eigenvalue weighted by atomic mass is 10.2. The number of halogens is 1. The van der Waals surface area contributed by atoms with Gasteiger partial charge >= 0.3 is 0 Å². The summed E-state index contributed by atoms with van der Waals surface area (Å²) in [5.41, 5.74) is 2.52. The molecule has 0 amide bonds. The van der Waals surface area contributed by atoms with Crippen molar-refractivity contribution in [1.82, 2.24) is 0 Å². The van der Waals surface area contributed by atoms with Crippen molar-refractivity contribution in [2.45, 2.75) is 44.0 Å². The van der Waals surface area contributed by atoms with Crippen molar-refractivity contribution in [2.24, 2.45) is 0 Å². The second kappa shape index (κ2) is 11.7. The van der Waals surface area contributed by atoms with Gasteiger partial charge in [0.1, 0.15) is 6.54 Å². The third kappa shape index (κ3) is 7.08. The van der Waals surface area contributed by atoms with Gasteiger partial charge in [-0.3, -0.25) is 0 Å². The first-order valence-corrected chi connectivity index (χ1v) is 9.36. The van der Waals surface area contributed by atoms with Crippen LogP contribution in [0.25, 0.3) is 12.2 Å². The van der Waals surface area contributed by atoms with E-state index in [-0.39, 0.29) is 24.0 Å². The van der Waals surface area contributed by atoms with Gasteiger partial charge < -0.3 is 24.0 Å². The van der Waals surface area contributed by atoms with Gasteiger partial charge in [-0.25, -0.2) is 0 Å². The predicted octanol–water partition coefficient (Wildman–Crippen LogP) is 2.45. The molecule has 23 heavy (non-hydrogen) atoms. The fourth-order valence-corrected chi connectivity index (χ4v) is 2.86. The molecule has 0 unspecified atom stereocenters. The molecule has 0 aliphatic rings. The molecule has 3 heteroatoms. The summed E-state index contributed by atoms with van der Waals surface area (Å²) < 4.78 is 2.35. The van der Waals surface area contributed by atoms with Crippen LogP contribution in [0.1, 0.15) is 43.9 Å². The van der Waals surface area contributed by atoms with Gasteiger partial charge in [0.2, 0.25) is 5.69 Å². The fraction of sp³-hybridized carbons (Fsp3) is 0.350. The summed E-state index contributed by atoms with van der Waals surface area (Å²) in [4.78, 5) is 1.31. The van der Waals surface area contributed by atoms with Gasteiger partial charge in [-0.05, 0) is 42.5 Å². The van der Waals surface area contributed by atoms with E-state index in [0.29, 0.717) is 0 Å². The van der Waals surface area contributed by atoms with E-state index in [4.69, 9.17) is 0 Å². The van der Waals surface area contributed by atoms with Gasteiger partial charge in [0.05, 0.1) is 0 Å². The van der Waals surface area contributed by atoms with Gasteiger partial charge in [-0.1, -0.05) is 31.9 Å². The minimum absolute atomic E-state index is 0. The van der Waals surface area contributed by atoms with Crippen LogP contribution in [0.4, 0.5) is 0 Å². The van der Waals surface area contributed by atoms with E-state index in [1.807, 2.05) is 0 Å². The van der Waals surface area contributed by atoms with Crippen molar-refractivity contribution in [3.05, 3.63) is 59.9 Å². The Bertz CT molecular complexity index is 593. The van der Waals surface area contributed by atoms with E-state index in [0.717, 1.165) is 6.54 Å². The highest BCUT2D eigenvalue weighted by Crippen LogP contribution is 2.16. The number of benzene rings is 1. The lowest BCUT2D eigenvalue weighted by molar-refractivity contribution is -0.699. The highest BCUT2D eigenvalue weighted by molar-refractivity contribution is 7.98. The molecule has 2 rings (SSSR count). The van der Waals surface area contributed by atoms with Crippen LogP contribution < -0.4 is 28.5 Å². The first-order valence-electron chi connectivity index (χ1n) is 8.14. The summed E-state index contributed by atoms with van der Waals surface area (Å²) >= 11 is 1.78. The van der Waals surface area contributed by atoms with E-state index in [1.54, 1.807) is 11.8 Å². The third-order valence-electron chi connectivity index (χ3n) is 3.79. The summed E-state index contributed by atoms with van der Waals surface area (Å²) in [6.45, 7) is 3.36. The number of hydrogen-bond donors (Lipinski definition) is 0. The second-order valence-electron chi connectivity index (χ2n) is 5.49. The molecule has 1 aromatic carbocycles. The molecular formula is C20H26INS. The summed E-state index contributed by atoms with van der Waals surface area (Å²) in [7, 11) is 0. The Hall–Kier alpha value is -0.810. The van der Waals surface area contributed by atoms with Crippen LogP contribution in [0.15, 0.2) is 53.6 Å². The van der Waals surface area contributed by atoms with Crippen LogP contribution in [-0.2, 0) is 6.54 Å². The maximum Gasteiger partial charge on any atom is 0.205 e. The average Bonchev–Trinajstić information content (AvgIpc) is 2.58. The number of aromatic nitrogens is 1. The summed E-state index contributed by atoms with van der Waals surface area (Å²) in [5.74, 6) is 0. The van der Waals surface area contributed by atoms with Crippen LogP contribution in [-0.4, -0.2) is 6.26 Å². The monoisotopic (exact) mass is 439 g/mol. The van der Waals surface area contributed by atoms with Gasteiger partial charge in [0.25, 0.3) is 0 Å². The molecule has 1 aromatic heterocycles. The number of hydrogen-bond acceptors (Lipinski definition) is 1.